The fourth-order valence-electron chi connectivity index (χ4n) is 2.71. The summed E-state index contributed by atoms with van der Waals surface area (Å²) < 4.78 is 0. The molecule has 1 N–H and O–H groups in total. The van der Waals surface area contributed by atoms with Crippen molar-refractivity contribution in [2.24, 2.45) is 0 Å². The second-order valence-corrected chi connectivity index (χ2v) is 6.17. The van der Waals surface area contributed by atoms with Crippen LogP contribution < -0.4 is 10.2 Å². The lowest BCUT2D eigenvalue weighted by Crippen LogP contribution is -2.52. The summed E-state index contributed by atoms with van der Waals surface area (Å²) in [7, 11) is 0. The molecule has 1 aromatic rings. The van der Waals surface area contributed by atoms with Crippen molar-refractivity contribution in [3.63, 3.8) is 0 Å². The molecule has 2 rings (SSSR count). The molecule has 21 heavy (non-hydrogen) atoms. The summed E-state index contributed by atoms with van der Waals surface area (Å²) in [5.74, 6) is 0. The molecule has 1 aromatic carbocycles. The number of thiocarbonyl (C=S) groups is 1. The van der Waals surface area contributed by atoms with Crippen LogP contribution in [0.2, 0.25) is 0 Å². The number of nitrogens with zero attached hydrogens (tertiary/aromatic N) is 2. The van der Waals surface area contributed by atoms with E-state index < -0.39 is 0 Å². The lowest BCUT2D eigenvalue weighted by molar-refractivity contribution is 0.379. The maximum Gasteiger partial charge on any atom is 0.169 e. The van der Waals surface area contributed by atoms with Crippen LogP contribution in [0.4, 0.5) is 5.69 Å². The Balaban J connectivity index is 1.88. The zero-order chi connectivity index (χ0) is 15.2. The molecular formula is C17H27N3S. The highest BCUT2D eigenvalue weighted by Gasteiger charge is 2.20. The van der Waals surface area contributed by atoms with Crippen molar-refractivity contribution in [2.75, 3.05) is 37.6 Å². The average molecular weight is 305 g/mol. The van der Waals surface area contributed by atoms with Crippen molar-refractivity contribution in [3.05, 3.63) is 29.3 Å². The van der Waals surface area contributed by atoms with Gasteiger partial charge in [-0.3, -0.25) is 0 Å². The maximum absolute atomic E-state index is 5.49. The third kappa shape index (κ3) is 4.10. The number of hydrogen-bond donors (Lipinski definition) is 1. The van der Waals surface area contributed by atoms with Gasteiger partial charge in [0.25, 0.3) is 0 Å². The predicted molar refractivity (Wildman–Crippen MR) is 95.2 cm³/mol. The molecule has 0 bridgehead atoms. The van der Waals surface area contributed by atoms with Crippen LogP contribution in [0.1, 0.15) is 30.9 Å². The molecular weight excluding hydrogens is 278 g/mol. The van der Waals surface area contributed by atoms with Crippen LogP contribution in [0.5, 0.6) is 0 Å². The summed E-state index contributed by atoms with van der Waals surface area (Å²) in [6, 6.07) is 6.57. The SMILES string of the molecule is CCCCNC(=S)N1CCN(c2cccc(C)c2C)CC1. The summed E-state index contributed by atoms with van der Waals surface area (Å²) in [4.78, 5) is 4.78. The third-order valence-corrected chi connectivity index (χ3v) is 4.69. The van der Waals surface area contributed by atoms with Crippen LogP contribution in [0, 0.1) is 13.8 Å². The van der Waals surface area contributed by atoms with Gasteiger partial charge < -0.3 is 15.1 Å². The Kier molecular flexibility index (Phi) is 5.85. The van der Waals surface area contributed by atoms with Gasteiger partial charge in [-0.25, -0.2) is 0 Å². The van der Waals surface area contributed by atoms with Gasteiger partial charge in [-0.05, 0) is 49.7 Å². The topological polar surface area (TPSA) is 18.5 Å². The van der Waals surface area contributed by atoms with E-state index >= 15 is 0 Å². The Morgan fingerprint density at radius 1 is 1.19 bits per heavy atom. The van der Waals surface area contributed by atoms with Crippen molar-refractivity contribution in [3.8, 4) is 0 Å². The molecule has 1 aliphatic rings. The zero-order valence-electron chi connectivity index (χ0n) is 13.5. The van der Waals surface area contributed by atoms with Crippen LogP contribution in [-0.2, 0) is 0 Å². The number of piperazine rings is 1. The quantitative estimate of drug-likeness (QED) is 0.680. The number of benzene rings is 1. The molecule has 0 atom stereocenters. The minimum atomic E-state index is 0.920. The van der Waals surface area contributed by atoms with Gasteiger partial charge in [0.15, 0.2) is 5.11 Å². The Hall–Kier alpha value is -1.29. The van der Waals surface area contributed by atoms with Gasteiger partial charge in [-0.2, -0.15) is 0 Å². The van der Waals surface area contributed by atoms with Crippen molar-refractivity contribution in [1.82, 2.24) is 10.2 Å². The number of nitrogens with one attached hydrogen (secondary N) is 1. The second kappa shape index (κ2) is 7.64. The molecule has 0 aliphatic carbocycles. The van der Waals surface area contributed by atoms with Gasteiger partial charge in [0.05, 0.1) is 0 Å². The summed E-state index contributed by atoms with van der Waals surface area (Å²) >= 11 is 5.49. The molecule has 4 heteroatoms. The highest BCUT2D eigenvalue weighted by Crippen LogP contribution is 2.23. The van der Waals surface area contributed by atoms with Crippen molar-refractivity contribution < 1.29 is 0 Å². The highest BCUT2D eigenvalue weighted by atomic mass is 32.1. The van der Waals surface area contributed by atoms with E-state index in [1.807, 2.05) is 0 Å². The van der Waals surface area contributed by atoms with E-state index in [2.05, 4.69) is 54.1 Å². The molecule has 3 nitrogen and oxygen atoms in total. The van der Waals surface area contributed by atoms with E-state index in [4.69, 9.17) is 12.2 Å². The third-order valence-electron chi connectivity index (χ3n) is 4.29. The van der Waals surface area contributed by atoms with Crippen molar-refractivity contribution >= 4 is 23.0 Å². The lowest BCUT2D eigenvalue weighted by Gasteiger charge is -2.38. The van der Waals surface area contributed by atoms with E-state index in [0.29, 0.717) is 0 Å². The van der Waals surface area contributed by atoms with Gasteiger partial charge in [-0.15, -0.1) is 0 Å². The molecule has 0 amide bonds. The minimum Gasteiger partial charge on any atom is -0.368 e. The fourth-order valence-corrected chi connectivity index (χ4v) is 3.00. The Labute approximate surface area is 134 Å². The molecule has 1 aliphatic heterocycles. The van der Waals surface area contributed by atoms with Crippen LogP contribution >= 0.6 is 12.2 Å². The maximum atomic E-state index is 5.49. The molecule has 0 aromatic heterocycles. The molecule has 1 heterocycles. The normalized spacial score (nSPS) is 15.2. The molecule has 0 spiro atoms. The van der Waals surface area contributed by atoms with Gasteiger partial charge in [0.1, 0.15) is 0 Å². The van der Waals surface area contributed by atoms with E-state index in [9.17, 15) is 0 Å². The first kappa shape index (κ1) is 16.1. The van der Waals surface area contributed by atoms with Crippen molar-refractivity contribution in [2.45, 2.75) is 33.6 Å². The Morgan fingerprint density at radius 3 is 2.57 bits per heavy atom. The summed E-state index contributed by atoms with van der Waals surface area (Å²) in [5.41, 5.74) is 4.14. The molecule has 1 saturated heterocycles. The number of hydrogen-bond acceptors (Lipinski definition) is 2. The van der Waals surface area contributed by atoms with Gasteiger partial charge in [-0.1, -0.05) is 25.5 Å². The van der Waals surface area contributed by atoms with E-state index in [1.54, 1.807) is 0 Å². The van der Waals surface area contributed by atoms with E-state index in [1.165, 1.54) is 29.7 Å². The summed E-state index contributed by atoms with van der Waals surface area (Å²) in [6.45, 7) is 11.7. The minimum absolute atomic E-state index is 0.920. The molecule has 0 unspecified atom stereocenters. The average Bonchev–Trinajstić information content (AvgIpc) is 2.50. The van der Waals surface area contributed by atoms with Crippen molar-refractivity contribution in [1.29, 1.82) is 0 Å². The van der Waals surface area contributed by atoms with Crippen LogP contribution in [0.25, 0.3) is 0 Å². The molecule has 1 fully saturated rings. The van der Waals surface area contributed by atoms with Gasteiger partial charge in [0.2, 0.25) is 0 Å². The van der Waals surface area contributed by atoms with Crippen LogP contribution in [0.15, 0.2) is 18.2 Å². The standard InChI is InChI=1S/C17H27N3S/c1-4-5-9-18-17(21)20-12-10-19(11-13-20)16-8-6-7-14(2)15(16)3/h6-8H,4-5,9-13H2,1-3H3,(H,18,21). The first-order valence-electron chi connectivity index (χ1n) is 7.97. The largest absolute Gasteiger partial charge is 0.368 e. The number of anilines is 1. The van der Waals surface area contributed by atoms with Gasteiger partial charge >= 0.3 is 0 Å². The number of unbranched alkanes of at least 4 members (excludes halogenated alkanes) is 1. The second-order valence-electron chi connectivity index (χ2n) is 5.78. The summed E-state index contributed by atoms with van der Waals surface area (Å²) in [5, 5.41) is 4.29. The fraction of sp³-hybridized carbons (Fsp3) is 0.588. The van der Waals surface area contributed by atoms with E-state index in [0.717, 1.165) is 37.8 Å². The monoisotopic (exact) mass is 305 g/mol. The lowest BCUT2D eigenvalue weighted by atomic mass is 10.1. The van der Waals surface area contributed by atoms with Gasteiger partial charge in [0, 0.05) is 38.4 Å². The first-order valence-corrected chi connectivity index (χ1v) is 8.38. The summed E-state index contributed by atoms with van der Waals surface area (Å²) in [6.07, 6.45) is 2.39. The number of aryl methyl sites for hydroxylation is 1. The molecule has 0 radical (unpaired) electrons. The smallest absolute Gasteiger partial charge is 0.169 e. The highest BCUT2D eigenvalue weighted by molar-refractivity contribution is 7.80. The van der Waals surface area contributed by atoms with Crippen LogP contribution in [0.3, 0.4) is 0 Å². The molecule has 0 saturated carbocycles. The zero-order valence-corrected chi connectivity index (χ0v) is 14.3. The predicted octanol–water partition coefficient (Wildman–Crippen LogP) is 3.10. The Bertz CT molecular complexity index is 479. The Morgan fingerprint density at radius 2 is 1.90 bits per heavy atom. The van der Waals surface area contributed by atoms with Crippen LogP contribution in [-0.4, -0.2) is 42.7 Å². The number of rotatable bonds is 4. The molecule has 116 valence electrons. The first-order chi connectivity index (χ1) is 10.1. The van der Waals surface area contributed by atoms with E-state index in [-0.39, 0.29) is 0 Å².